The van der Waals surface area contributed by atoms with E-state index in [1.165, 1.54) is 37.9 Å². The van der Waals surface area contributed by atoms with Crippen molar-refractivity contribution in [1.29, 1.82) is 0 Å². The van der Waals surface area contributed by atoms with Crippen LogP contribution < -0.4 is 5.32 Å². The predicted octanol–water partition coefficient (Wildman–Crippen LogP) is 6.03. The Morgan fingerprint density at radius 2 is 1.46 bits per heavy atom. The lowest BCUT2D eigenvalue weighted by Crippen LogP contribution is -2.29. The fraction of sp³-hybridized carbons (Fsp3) is 0.333. The summed E-state index contributed by atoms with van der Waals surface area (Å²) in [5.41, 5.74) is 5.09. The predicted molar refractivity (Wildman–Crippen MR) is 150 cm³/mol. The van der Waals surface area contributed by atoms with Gasteiger partial charge in [-0.15, -0.1) is 11.8 Å². The first-order chi connectivity index (χ1) is 18.0. The lowest BCUT2D eigenvalue weighted by atomic mass is 10.1. The van der Waals surface area contributed by atoms with Gasteiger partial charge in [-0.3, -0.25) is 14.5 Å². The Kier molecular flexibility index (Phi) is 8.49. The highest BCUT2D eigenvalue weighted by molar-refractivity contribution is 8.00. The van der Waals surface area contributed by atoms with Gasteiger partial charge in [0.1, 0.15) is 5.37 Å². The second-order valence-corrected chi connectivity index (χ2v) is 11.3. The zero-order chi connectivity index (χ0) is 25.6. The molecule has 2 heterocycles. The first-order valence-corrected chi connectivity index (χ1v) is 14.3. The van der Waals surface area contributed by atoms with Crippen LogP contribution in [-0.2, 0) is 24.4 Å². The number of halogens is 1. The van der Waals surface area contributed by atoms with Crippen molar-refractivity contribution in [2.45, 2.75) is 44.3 Å². The van der Waals surface area contributed by atoms with E-state index in [4.69, 9.17) is 11.6 Å². The molecule has 5 rings (SSSR count). The summed E-state index contributed by atoms with van der Waals surface area (Å²) in [5, 5.41) is 3.64. The number of nitrogens with zero attached hydrogens (tertiary/aromatic N) is 2. The van der Waals surface area contributed by atoms with E-state index in [0.29, 0.717) is 29.4 Å². The normalized spacial score (nSPS) is 18.2. The fourth-order valence-corrected chi connectivity index (χ4v) is 6.22. The second-order valence-electron chi connectivity index (χ2n) is 9.77. The Balaban J connectivity index is 1.15. The van der Waals surface area contributed by atoms with Crippen molar-refractivity contribution in [2.24, 2.45) is 0 Å². The molecule has 2 aliphatic heterocycles. The highest BCUT2D eigenvalue weighted by Gasteiger charge is 2.32. The van der Waals surface area contributed by atoms with E-state index in [0.717, 1.165) is 23.2 Å². The molecule has 1 N–H and O–H groups in total. The maximum atomic E-state index is 12.8. The molecule has 2 saturated heterocycles. The molecule has 0 bridgehead atoms. The summed E-state index contributed by atoms with van der Waals surface area (Å²) in [4.78, 5) is 29.7. The fourth-order valence-electron chi connectivity index (χ4n) is 4.91. The van der Waals surface area contributed by atoms with Crippen molar-refractivity contribution in [3.8, 4) is 0 Å². The standard InChI is InChI=1S/C30H32ClN3O2S/c31-27-14-8-24(9-15-27)20-34-28(35)21-37-30(34)26-12-10-25(11-13-26)29(36)32-18-22-4-6-23(7-5-22)19-33-16-2-1-3-17-33/h4-15,30H,1-3,16-21H2,(H,32,36)/t30-/m1/s1. The Morgan fingerprint density at radius 3 is 2.16 bits per heavy atom. The molecule has 3 aromatic carbocycles. The maximum Gasteiger partial charge on any atom is 0.251 e. The van der Waals surface area contributed by atoms with Gasteiger partial charge in [-0.1, -0.05) is 66.6 Å². The van der Waals surface area contributed by atoms with Crippen LogP contribution in [0.1, 0.15) is 57.2 Å². The summed E-state index contributed by atoms with van der Waals surface area (Å²) in [6, 6.07) is 23.7. The Hall–Kier alpha value is -2.80. The van der Waals surface area contributed by atoms with E-state index < -0.39 is 0 Å². The van der Waals surface area contributed by atoms with Crippen molar-refractivity contribution in [1.82, 2.24) is 15.1 Å². The minimum Gasteiger partial charge on any atom is -0.348 e. The second kappa shape index (κ2) is 12.2. The average molecular weight is 534 g/mol. The number of amides is 2. The number of nitrogens with one attached hydrogen (secondary N) is 1. The molecule has 0 aromatic heterocycles. The molecule has 192 valence electrons. The highest BCUT2D eigenvalue weighted by Crippen LogP contribution is 2.39. The molecule has 37 heavy (non-hydrogen) atoms. The van der Waals surface area contributed by atoms with Gasteiger partial charge in [-0.05, 0) is 72.5 Å². The smallest absolute Gasteiger partial charge is 0.251 e. The summed E-state index contributed by atoms with van der Waals surface area (Å²) in [7, 11) is 0. The molecule has 0 aliphatic carbocycles. The van der Waals surface area contributed by atoms with Gasteiger partial charge in [0.2, 0.25) is 5.91 Å². The van der Waals surface area contributed by atoms with Crippen LogP contribution in [0.4, 0.5) is 0 Å². The van der Waals surface area contributed by atoms with Crippen molar-refractivity contribution in [2.75, 3.05) is 18.8 Å². The van der Waals surface area contributed by atoms with Gasteiger partial charge in [-0.25, -0.2) is 0 Å². The number of carbonyl (C=O) groups is 2. The van der Waals surface area contributed by atoms with Gasteiger partial charge in [0.15, 0.2) is 0 Å². The minimum absolute atomic E-state index is 0.0660. The highest BCUT2D eigenvalue weighted by atomic mass is 35.5. The molecule has 0 radical (unpaired) electrons. The third-order valence-electron chi connectivity index (χ3n) is 7.02. The van der Waals surface area contributed by atoms with Crippen LogP contribution >= 0.6 is 23.4 Å². The van der Waals surface area contributed by atoms with Crippen LogP contribution in [0.15, 0.2) is 72.8 Å². The van der Waals surface area contributed by atoms with Crippen LogP contribution in [0, 0.1) is 0 Å². The molecule has 0 unspecified atom stereocenters. The first-order valence-electron chi connectivity index (χ1n) is 12.9. The molecular weight excluding hydrogens is 502 g/mol. The number of hydrogen-bond donors (Lipinski definition) is 1. The van der Waals surface area contributed by atoms with Crippen LogP contribution in [-0.4, -0.2) is 40.5 Å². The third-order valence-corrected chi connectivity index (χ3v) is 8.53. The van der Waals surface area contributed by atoms with Crippen LogP contribution in [0.25, 0.3) is 0 Å². The van der Waals surface area contributed by atoms with Gasteiger partial charge in [0.25, 0.3) is 5.91 Å². The Labute approximate surface area is 228 Å². The Morgan fingerprint density at radius 1 is 0.838 bits per heavy atom. The van der Waals surface area contributed by atoms with E-state index in [1.807, 2.05) is 53.4 Å². The zero-order valence-electron chi connectivity index (χ0n) is 20.9. The molecule has 2 fully saturated rings. The van der Waals surface area contributed by atoms with Crippen molar-refractivity contribution >= 4 is 35.2 Å². The molecular formula is C30H32ClN3O2S. The molecule has 1 atom stereocenters. The molecule has 0 saturated carbocycles. The molecule has 7 heteroatoms. The van der Waals surface area contributed by atoms with Crippen LogP contribution in [0.5, 0.6) is 0 Å². The van der Waals surface area contributed by atoms with E-state index in [9.17, 15) is 9.59 Å². The molecule has 5 nitrogen and oxygen atoms in total. The lowest BCUT2D eigenvalue weighted by Gasteiger charge is -2.26. The molecule has 2 amide bonds. The SMILES string of the molecule is O=C(NCc1ccc(CN2CCCCC2)cc1)c1ccc([C@H]2SCC(=O)N2Cc2ccc(Cl)cc2)cc1. The number of hydrogen-bond acceptors (Lipinski definition) is 4. The molecule has 2 aliphatic rings. The van der Waals surface area contributed by atoms with Gasteiger partial charge in [-0.2, -0.15) is 0 Å². The summed E-state index contributed by atoms with van der Waals surface area (Å²) in [5.74, 6) is 0.475. The van der Waals surface area contributed by atoms with Crippen molar-refractivity contribution in [3.63, 3.8) is 0 Å². The number of benzene rings is 3. The first kappa shape index (κ1) is 25.8. The van der Waals surface area contributed by atoms with Crippen LogP contribution in [0.2, 0.25) is 5.02 Å². The van der Waals surface area contributed by atoms with Crippen molar-refractivity contribution < 1.29 is 9.59 Å². The number of carbonyl (C=O) groups excluding carboxylic acids is 2. The number of thioether (sulfide) groups is 1. The summed E-state index contributed by atoms with van der Waals surface area (Å²) >= 11 is 7.61. The molecule has 3 aromatic rings. The van der Waals surface area contributed by atoms with Crippen molar-refractivity contribution in [3.05, 3.63) is 106 Å². The average Bonchev–Trinajstić information content (AvgIpc) is 3.29. The number of piperidine rings is 1. The Bertz CT molecular complexity index is 1210. The zero-order valence-corrected chi connectivity index (χ0v) is 22.4. The monoisotopic (exact) mass is 533 g/mol. The van der Waals surface area contributed by atoms with E-state index in [1.54, 1.807) is 11.8 Å². The molecule has 0 spiro atoms. The summed E-state index contributed by atoms with van der Waals surface area (Å²) < 4.78 is 0. The summed E-state index contributed by atoms with van der Waals surface area (Å²) in [6.07, 6.45) is 3.94. The van der Waals surface area contributed by atoms with Gasteiger partial charge >= 0.3 is 0 Å². The largest absolute Gasteiger partial charge is 0.348 e. The van der Waals surface area contributed by atoms with E-state index in [-0.39, 0.29) is 17.2 Å². The number of likely N-dealkylation sites (tertiary alicyclic amines) is 1. The van der Waals surface area contributed by atoms with Gasteiger partial charge in [0.05, 0.1) is 5.75 Å². The van der Waals surface area contributed by atoms with E-state index >= 15 is 0 Å². The van der Waals surface area contributed by atoms with E-state index in [2.05, 4.69) is 34.5 Å². The third kappa shape index (κ3) is 6.75. The van der Waals surface area contributed by atoms with Crippen LogP contribution in [0.3, 0.4) is 0 Å². The topological polar surface area (TPSA) is 52.7 Å². The van der Waals surface area contributed by atoms with Gasteiger partial charge in [0, 0.05) is 30.2 Å². The summed E-state index contributed by atoms with van der Waals surface area (Å²) in [6.45, 7) is 4.40. The lowest BCUT2D eigenvalue weighted by molar-refractivity contribution is -0.128. The number of rotatable bonds is 8. The maximum absolute atomic E-state index is 12.8. The quantitative estimate of drug-likeness (QED) is 0.384. The minimum atomic E-state index is -0.0999. The van der Waals surface area contributed by atoms with Gasteiger partial charge < -0.3 is 10.2 Å².